The Balaban J connectivity index is 1.59. The van der Waals surface area contributed by atoms with Crippen molar-refractivity contribution in [2.45, 2.75) is 71.1 Å². The van der Waals surface area contributed by atoms with Gasteiger partial charge in [0, 0.05) is 19.0 Å². The second-order valence-corrected chi connectivity index (χ2v) is 7.15. The predicted octanol–water partition coefficient (Wildman–Crippen LogP) is 2.16. The summed E-state index contributed by atoms with van der Waals surface area (Å²) in [5.74, 6) is -0.110. The molecule has 2 aliphatic rings. The molecule has 0 bridgehead atoms. The number of carbonyl (C=O) groups excluding carboxylic acids is 2. The van der Waals surface area contributed by atoms with E-state index in [2.05, 4.69) is 27.1 Å². The third kappa shape index (κ3) is 4.33. The molecule has 3 rings (SSSR count). The zero-order valence-corrected chi connectivity index (χ0v) is 15.7. The third-order valence-corrected chi connectivity index (χ3v) is 5.27. The number of amides is 2. The van der Waals surface area contributed by atoms with Crippen molar-refractivity contribution in [3.05, 3.63) is 29.1 Å². The summed E-state index contributed by atoms with van der Waals surface area (Å²) < 4.78 is 1.68. The lowest BCUT2D eigenvalue weighted by atomic mass is 9.97. The van der Waals surface area contributed by atoms with Crippen LogP contribution in [-0.4, -0.2) is 34.2 Å². The van der Waals surface area contributed by atoms with Gasteiger partial charge in [0.25, 0.3) is 5.91 Å². The molecule has 0 radical (unpaired) electrons. The highest BCUT2D eigenvalue weighted by Gasteiger charge is 2.28. The van der Waals surface area contributed by atoms with Crippen molar-refractivity contribution in [2.75, 3.05) is 6.54 Å². The summed E-state index contributed by atoms with van der Waals surface area (Å²) in [6, 6.07) is 0.124. The standard InChI is InChI=1S/C19H29N5O2/c1-3-15-11-17(25)23-19(22-15)24-13(2)16(12-21-24)18(26)20-10-9-14-7-5-4-6-8-14/h7,12,15,19,22H,3-6,8-11H2,1-2H3,(H,20,26)(H,23,25). The quantitative estimate of drug-likeness (QED) is 0.679. The summed E-state index contributed by atoms with van der Waals surface area (Å²) in [5, 5.41) is 13.6. The summed E-state index contributed by atoms with van der Waals surface area (Å²) in [4.78, 5) is 24.4. The molecule has 2 unspecified atom stereocenters. The number of nitrogens with zero attached hydrogens (tertiary/aromatic N) is 2. The van der Waals surface area contributed by atoms with Gasteiger partial charge in [0.2, 0.25) is 5.91 Å². The van der Waals surface area contributed by atoms with Gasteiger partial charge in [-0.15, -0.1) is 0 Å². The monoisotopic (exact) mass is 359 g/mol. The number of carbonyl (C=O) groups is 2. The van der Waals surface area contributed by atoms with E-state index in [9.17, 15) is 9.59 Å². The van der Waals surface area contributed by atoms with Gasteiger partial charge < -0.3 is 10.6 Å². The van der Waals surface area contributed by atoms with Crippen LogP contribution in [-0.2, 0) is 4.79 Å². The van der Waals surface area contributed by atoms with Crippen LogP contribution in [0.5, 0.6) is 0 Å². The van der Waals surface area contributed by atoms with Crippen LogP contribution in [0.2, 0.25) is 0 Å². The third-order valence-electron chi connectivity index (χ3n) is 5.27. The fourth-order valence-corrected chi connectivity index (χ4v) is 3.62. The Morgan fingerprint density at radius 3 is 3.00 bits per heavy atom. The van der Waals surface area contributed by atoms with Crippen molar-refractivity contribution in [3.8, 4) is 0 Å². The summed E-state index contributed by atoms with van der Waals surface area (Å²) in [6.45, 7) is 4.55. The first-order valence-corrected chi connectivity index (χ1v) is 9.64. The van der Waals surface area contributed by atoms with Gasteiger partial charge in [-0.25, -0.2) is 4.68 Å². The van der Waals surface area contributed by atoms with E-state index in [4.69, 9.17) is 0 Å². The summed E-state index contributed by atoms with van der Waals surface area (Å²) in [5.41, 5.74) is 2.75. The van der Waals surface area contributed by atoms with E-state index in [1.165, 1.54) is 18.4 Å². The SMILES string of the molecule is CCC1CC(=O)NC(n2ncc(C(=O)NCCC3=CCCCC3)c2C)N1. The number of allylic oxidation sites excluding steroid dienone is 1. The van der Waals surface area contributed by atoms with Crippen molar-refractivity contribution < 1.29 is 9.59 Å². The maximum Gasteiger partial charge on any atom is 0.254 e. The average molecular weight is 359 g/mol. The lowest BCUT2D eigenvalue weighted by molar-refractivity contribution is -0.125. The van der Waals surface area contributed by atoms with Gasteiger partial charge in [-0.05, 0) is 45.4 Å². The second kappa shape index (κ2) is 8.49. The average Bonchev–Trinajstić information content (AvgIpc) is 3.03. The molecule has 1 fully saturated rings. The number of rotatable bonds is 6. The molecule has 2 amide bonds. The maximum absolute atomic E-state index is 12.5. The first-order chi connectivity index (χ1) is 12.6. The van der Waals surface area contributed by atoms with Crippen LogP contribution >= 0.6 is 0 Å². The Morgan fingerprint density at radius 2 is 2.27 bits per heavy atom. The molecule has 0 aromatic carbocycles. The molecule has 1 aromatic heterocycles. The van der Waals surface area contributed by atoms with Crippen molar-refractivity contribution >= 4 is 11.8 Å². The minimum absolute atomic E-state index is 0.00209. The van der Waals surface area contributed by atoms with Crippen molar-refractivity contribution in [3.63, 3.8) is 0 Å². The van der Waals surface area contributed by atoms with Crippen LogP contribution in [0, 0.1) is 6.92 Å². The number of aromatic nitrogens is 2. The van der Waals surface area contributed by atoms with Gasteiger partial charge in [-0.3, -0.25) is 14.9 Å². The van der Waals surface area contributed by atoms with Crippen LogP contribution < -0.4 is 16.0 Å². The lowest BCUT2D eigenvalue weighted by Crippen LogP contribution is -2.53. The van der Waals surface area contributed by atoms with Crippen molar-refractivity contribution in [1.82, 2.24) is 25.7 Å². The van der Waals surface area contributed by atoms with Gasteiger partial charge >= 0.3 is 0 Å². The second-order valence-electron chi connectivity index (χ2n) is 7.15. The van der Waals surface area contributed by atoms with Crippen LogP contribution in [0.3, 0.4) is 0 Å². The van der Waals surface area contributed by atoms with E-state index in [1.54, 1.807) is 10.9 Å². The number of hydrogen-bond acceptors (Lipinski definition) is 4. The van der Waals surface area contributed by atoms with Crippen LogP contribution in [0.15, 0.2) is 17.8 Å². The van der Waals surface area contributed by atoms with Gasteiger partial charge in [0.15, 0.2) is 6.29 Å². The van der Waals surface area contributed by atoms with Gasteiger partial charge in [-0.2, -0.15) is 5.10 Å². The predicted molar refractivity (Wildman–Crippen MR) is 99.5 cm³/mol. The summed E-state index contributed by atoms with van der Waals surface area (Å²) in [7, 11) is 0. The molecule has 142 valence electrons. The first kappa shape index (κ1) is 18.6. The molecule has 26 heavy (non-hydrogen) atoms. The largest absolute Gasteiger partial charge is 0.352 e. The Morgan fingerprint density at radius 1 is 1.42 bits per heavy atom. The Labute approximate surface area is 154 Å². The van der Waals surface area contributed by atoms with E-state index in [0.717, 1.165) is 31.4 Å². The minimum atomic E-state index is -0.407. The number of hydrogen-bond donors (Lipinski definition) is 3. The van der Waals surface area contributed by atoms with E-state index < -0.39 is 6.29 Å². The van der Waals surface area contributed by atoms with E-state index >= 15 is 0 Å². The molecular formula is C19H29N5O2. The molecule has 7 heteroatoms. The smallest absolute Gasteiger partial charge is 0.254 e. The molecular weight excluding hydrogens is 330 g/mol. The maximum atomic E-state index is 12.5. The molecule has 1 saturated heterocycles. The van der Waals surface area contributed by atoms with Crippen molar-refractivity contribution in [2.24, 2.45) is 0 Å². The molecule has 2 atom stereocenters. The molecule has 1 aliphatic carbocycles. The van der Waals surface area contributed by atoms with Gasteiger partial charge in [0.05, 0.1) is 17.5 Å². The normalized spacial score (nSPS) is 23.3. The Kier molecular flexibility index (Phi) is 6.08. The van der Waals surface area contributed by atoms with Crippen LogP contribution in [0.25, 0.3) is 0 Å². The van der Waals surface area contributed by atoms with Crippen LogP contribution in [0.1, 0.15) is 74.2 Å². The summed E-state index contributed by atoms with van der Waals surface area (Å²) in [6.07, 6.45) is 10.6. The highest BCUT2D eigenvalue weighted by Crippen LogP contribution is 2.20. The molecule has 0 saturated carbocycles. The zero-order valence-electron chi connectivity index (χ0n) is 15.7. The molecule has 2 heterocycles. The highest BCUT2D eigenvalue weighted by atomic mass is 16.2. The van der Waals surface area contributed by atoms with Gasteiger partial charge in [-0.1, -0.05) is 18.6 Å². The Bertz CT molecular complexity index is 694. The fourth-order valence-electron chi connectivity index (χ4n) is 3.62. The number of nitrogens with one attached hydrogen (secondary N) is 3. The fraction of sp³-hybridized carbons (Fsp3) is 0.632. The minimum Gasteiger partial charge on any atom is -0.352 e. The van der Waals surface area contributed by atoms with E-state index in [-0.39, 0.29) is 17.9 Å². The lowest BCUT2D eigenvalue weighted by Gasteiger charge is -2.31. The summed E-state index contributed by atoms with van der Waals surface area (Å²) >= 11 is 0. The molecule has 1 aliphatic heterocycles. The topological polar surface area (TPSA) is 88.0 Å². The van der Waals surface area contributed by atoms with Crippen LogP contribution in [0.4, 0.5) is 0 Å². The highest BCUT2D eigenvalue weighted by molar-refractivity contribution is 5.95. The van der Waals surface area contributed by atoms with Crippen molar-refractivity contribution in [1.29, 1.82) is 0 Å². The Hall–Kier alpha value is -2.15. The van der Waals surface area contributed by atoms with Gasteiger partial charge in [0.1, 0.15) is 0 Å². The molecule has 1 aromatic rings. The van der Waals surface area contributed by atoms with E-state index in [0.29, 0.717) is 18.5 Å². The first-order valence-electron chi connectivity index (χ1n) is 9.64. The molecule has 7 nitrogen and oxygen atoms in total. The molecule has 3 N–H and O–H groups in total. The zero-order chi connectivity index (χ0) is 18.5. The molecule has 0 spiro atoms. The van der Waals surface area contributed by atoms with E-state index in [1.807, 2.05) is 13.8 Å².